The van der Waals surface area contributed by atoms with Crippen molar-refractivity contribution in [2.75, 3.05) is 0 Å². The van der Waals surface area contributed by atoms with Crippen LogP contribution in [-0.4, -0.2) is 66.7 Å². The second-order valence-corrected chi connectivity index (χ2v) is 0.250. The molecule has 0 fully saturated rings. The van der Waals surface area contributed by atoms with Crippen molar-refractivity contribution in [3.8, 4) is 0 Å². The molecular weight excluding hydrogens is 143 g/mol. The van der Waals surface area contributed by atoms with E-state index in [0.29, 0.717) is 0 Å². The van der Waals surface area contributed by atoms with Crippen LogP contribution in [0.15, 0.2) is 0 Å². The Morgan fingerprint density at radius 1 is 1.29 bits per heavy atom. The van der Waals surface area contributed by atoms with Crippen molar-refractivity contribution >= 4 is 61.3 Å². The van der Waals surface area contributed by atoms with Crippen LogP contribution >= 0.6 is 0 Å². The van der Waals surface area contributed by atoms with Crippen LogP contribution < -0.4 is 10.2 Å². The van der Waals surface area contributed by atoms with E-state index in [-0.39, 0.29) is 60.6 Å². The number of hydrogen-bond acceptors (Lipinski definition) is 3. The molecule has 0 heterocycles. The first-order chi connectivity index (χ1) is 1.73. The van der Waals surface area contributed by atoms with Crippen LogP contribution in [-0.2, 0) is 0 Å². The van der Waals surface area contributed by atoms with E-state index in [1.807, 2.05) is 0 Å². The van der Waals surface area contributed by atoms with Gasteiger partial charge in [-0.25, -0.2) is 0 Å². The molecule has 0 aliphatic heterocycles. The molecule has 0 radical (unpaired) electrons. The van der Waals surface area contributed by atoms with Crippen LogP contribution in [0.5, 0.6) is 0 Å². The Hall–Kier alpha value is 1.02. The quantitative estimate of drug-likeness (QED) is 0.325. The van der Waals surface area contributed by atoms with Gasteiger partial charge in [-0.05, 0) is 6.16 Å². The van der Waals surface area contributed by atoms with Crippen LogP contribution in [0.4, 0.5) is 4.79 Å². The van der Waals surface area contributed by atoms with E-state index in [0.717, 1.165) is 0 Å². The van der Waals surface area contributed by atoms with Gasteiger partial charge in [-0.3, -0.25) is 0 Å². The van der Waals surface area contributed by atoms with E-state index in [4.69, 9.17) is 15.0 Å². The van der Waals surface area contributed by atoms with Crippen molar-refractivity contribution in [2.24, 2.45) is 0 Å². The molecule has 0 aliphatic carbocycles. The van der Waals surface area contributed by atoms with E-state index < -0.39 is 6.16 Å². The van der Waals surface area contributed by atoms with E-state index in [9.17, 15) is 0 Å². The molecule has 4 nitrogen and oxygen atoms in total. The smallest absolute Gasteiger partial charge is 0.652 e. The second-order valence-electron chi connectivity index (χ2n) is 0.250. The molecule has 6 heteroatoms. The summed E-state index contributed by atoms with van der Waals surface area (Å²) in [5, 5.41) is 16.7. The Kier molecular flexibility index (Phi) is 55.0. The first-order valence-electron chi connectivity index (χ1n) is 0.612. The summed E-state index contributed by atoms with van der Waals surface area (Å²) in [4.78, 5) is 8.33. The summed E-state index contributed by atoms with van der Waals surface area (Å²) >= 11 is 0. The molecule has 0 bridgehead atoms. The molecule has 0 saturated heterocycles. The van der Waals surface area contributed by atoms with E-state index in [1.165, 1.54) is 0 Å². The normalized spacial score (nSPS) is 3.43. The number of carbonyl (C=O) groups excluding carboxylic acids is 1. The van der Waals surface area contributed by atoms with Crippen LogP contribution in [0, 0.1) is 0 Å². The van der Waals surface area contributed by atoms with Gasteiger partial charge in [0.05, 0.1) is 0 Å². The van der Waals surface area contributed by atoms with Crippen molar-refractivity contribution in [1.29, 1.82) is 0 Å². The molecule has 0 aromatic rings. The van der Waals surface area contributed by atoms with Gasteiger partial charge in [-0.1, -0.05) is 0 Å². The Bertz CT molecular complexity index is 34.7. The topological polar surface area (TPSA) is 94.7 Å². The van der Waals surface area contributed by atoms with Gasteiger partial charge in [0.25, 0.3) is 0 Å². The molecule has 0 aliphatic rings. The minimum absolute atomic E-state index is 0. The third-order valence-corrected chi connectivity index (χ3v) is 0. The maximum absolute atomic E-state index is 8.33. The van der Waals surface area contributed by atoms with Gasteiger partial charge in [0.2, 0.25) is 0 Å². The first-order valence-corrected chi connectivity index (χ1v) is 0.612. The Morgan fingerprint density at radius 2 is 1.29 bits per heavy atom. The predicted molar refractivity (Wildman–Crippen MR) is 20.5 cm³/mol. The first kappa shape index (κ1) is 24.5. The predicted octanol–water partition coefficient (Wildman–Crippen LogP) is -4.03. The third-order valence-electron chi connectivity index (χ3n) is 0. The zero-order valence-corrected chi connectivity index (χ0v) is 6.87. The average Bonchev–Trinajstić information content (AvgIpc) is 0.811. The summed E-state index contributed by atoms with van der Waals surface area (Å²) in [7, 11) is 0. The SMILES string of the molecule is O.O=C([O-])[O-].[Al+3].[Ca+2]. The molecule has 0 saturated carbocycles. The maximum Gasteiger partial charge on any atom is 3.00 e. The van der Waals surface area contributed by atoms with Gasteiger partial charge in [0, 0.05) is 0 Å². The minimum Gasteiger partial charge on any atom is -0.652 e. The van der Waals surface area contributed by atoms with E-state index >= 15 is 0 Å². The molecule has 2 N–H and O–H groups in total. The fourth-order valence-electron chi connectivity index (χ4n) is 0. The van der Waals surface area contributed by atoms with Crippen LogP contribution in [0.25, 0.3) is 0 Å². The van der Waals surface area contributed by atoms with E-state index in [2.05, 4.69) is 0 Å². The van der Waals surface area contributed by atoms with E-state index in [1.54, 1.807) is 0 Å². The monoisotopic (exact) mass is 145 g/mol. The van der Waals surface area contributed by atoms with Gasteiger partial charge in [0.15, 0.2) is 0 Å². The standard InChI is InChI=1S/CH2O3.Al.Ca.H2O/c2-1(3)4;;;/h(H2,2,3,4);;;1H2/q;+3;+2;/p-2. The van der Waals surface area contributed by atoms with Gasteiger partial charge in [-0.2, -0.15) is 0 Å². The zero-order chi connectivity index (χ0) is 3.58. The van der Waals surface area contributed by atoms with Crippen LogP contribution in [0.1, 0.15) is 0 Å². The summed E-state index contributed by atoms with van der Waals surface area (Å²) in [6, 6.07) is 0. The summed E-state index contributed by atoms with van der Waals surface area (Å²) in [6.07, 6.45) is -2.33. The van der Waals surface area contributed by atoms with Gasteiger partial charge in [0.1, 0.15) is 0 Å². The van der Waals surface area contributed by atoms with Crippen LogP contribution in [0.3, 0.4) is 0 Å². The molecule has 0 aromatic heterocycles. The number of hydrogen-bond donors (Lipinski definition) is 0. The Labute approximate surface area is 81.0 Å². The average molecular weight is 145 g/mol. The summed E-state index contributed by atoms with van der Waals surface area (Å²) in [6.45, 7) is 0. The fourth-order valence-corrected chi connectivity index (χ4v) is 0. The summed E-state index contributed by atoms with van der Waals surface area (Å²) in [5.74, 6) is 0. The number of carboxylic acid groups (broad SMARTS) is 2. The third kappa shape index (κ3) is 170. The largest absolute Gasteiger partial charge is 3.00 e. The minimum atomic E-state index is -2.33. The van der Waals surface area contributed by atoms with Crippen LogP contribution in [0.2, 0.25) is 0 Å². The molecule has 0 unspecified atom stereocenters. The molecule has 7 heavy (non-hydrogen) atoms. The molecule has 0 atom stereocenters. The summed E-state index contributed by atoms with van der Waals surface area (Å²) < 4.78 is 0. The second kappa shape index (κ2) is 15.7. The maximum atomic E-state index is 8.33. The molecular formula is CH2AlCaO4+3. The van der Waals surface area contributed by atoms with Crippen molar-refractivity contribution in [2.45, 2.75) is 0 Å². The number of rotatable bonds is 0. The molecule has 0 aromatic carbocycles. The Balaban J connectivity index is -0.0000000150. The number of carbonyl (C=O) groups is 1. The van der Waals surface area contributed by atoms with Crippen molar-refractivity contribution in [3.63, 3.8) is 0 Å². The fraction of sp³-hybridized carbons (Fsp3) is 0. The molecule has 32 valence electrons. The molecule has 0 amide bonds. The van der Waals surface area contributed by atoms with Gasteiger partial charge < -0.3 is 20.5 Å². The van der Waals surface area contributed by atoms with Crippen molar-refractivity contribution < 1.29 is 20.5 Å². The van der Waals surface area contributed by atoms with Gasteiger partial charge >= 0.3 is 55.1 Å². The molecule has 0 spiro atoms. The Morgan fingerprint density at radius 3 is 1.29 bits per heavy atom. The zero-order valence-electron chi connectivity index (χ0n) is 3.51. The summed E-state index contributed by atoms with van der Waals surface area (Å²) in [5.41, 5.74) is 0. The van der Waals surface area contributed by atoms with Crippen molar-refractivity contribution in [3.05, 3.63) is 0 Å². The van der Waals surface area contributed by atoms with Gasteiger partial charge in [-0.15, -0.1) is 0 Å². The molecule has 0 rings (SSSR count). The van der Waals surface area contributed by atoms with Crippen molar-refractivity contribution in [1.82, 2.24) is 0 Å².